The zero-order valence-electron chi connectivity index (χ0n) is 10.9. The Balaban J connectivity index is 2.64. The molecule has 1 fully saturated rings. The van der Waals surface area contributed by atoms with Crippen molar-refractivity contribution in [2.75, 3.05) is 32.9 Å². The number of morpholine rings is 1. The van der Waals surface area contributed by atoms with Crippen molar-refractivity contribution in [3.8, 4) is 0 Å². The molecule has 1 aliphatic rings. The van der Waals surface area contributed by atoms with E-state index in [0.717, 1.165) is 0 Å². The summed E-state index contributed by atoms with van der Waals surface area (Å²) >= 11 is 0. The van der Waals surface area contributed by atoms with E-state index in [1.54, 1.807) is 0 Å². The predicted molar refractivity (Wildman–Crippen MR) is 62.1 cm³/mol. The fourth-order valence-corrected chi connectivity index (χ4v) is 1.63. The first-order valence-electron chi connectivity index (χ1n) is 5.94. The molecule has 1 heterocycles. The zero-order chi connectivity index (χ0) is 14.5. The number of aliphatic imine (C=N–C) groups is 1. The van der Waals surface area contributed by atoms with Gasteiger partial charge in [-0.15, -0.1) is 0 Å². The molecule has 0 N–H and O–H groups in total. The molecule has 0 aliphatic carbocycles. The molecular weight excluding hydrogens is 265 g/mol. The normalized spacial score (nSPS) is 17.8. The fraction of sp³-hybridized carbons (Fsp3) is 0.818. The lowest BCUT2D eigenvalue weighted by atomic mass is 10.1. The minimum atomic E-state index is -4.54. The van der Waals surface area contributed by atoms with Crippen LogP contribution >= 0.6 is 0 Å². The number of ether oxygens (including phenoxy) is 2. The zero-order valence-corrected chi connectivity index (χ0v) is 10.9. The van der Waals surface area contributed by atoms with E-state index in [0.29, 0.717) is 32.1 Å². The van der Waals surface area contributed by atoms with Crippen molar-refractivity contribution >= 4 is 11.9 Å². The summed E-state index contributed by atoms with van der Waals surface area (Å²) in [5.74, 6) is 0.340. The van der Waals surface area contributed by atoms with Gasteiger partial charge in [-0.1, -0.05) is 13.8 Å². The molecule has 19 heavy (non-hydrogen) atoms. The number of carbonyl (C=O) groups excluding carboxylic acids is 1. The van der Waals surface area contributed by atoms with Crippen LogP contribution in [-0.4, -0.2) is 55.9 Å². The molecule has 0 spiro atoms. The van der Waals surface area contributed by atoms with Gasteiger partial charge in [0.15, 0.2) is 6.61 Å². The first-order valence-corrected chi connectivity index (χ1v) is 5.94. The molecule has 0 radical (unpaired) electrons. The number of amidine groups is 1. The highest BCUT2D eigenvalue weighted by Crippen LogP contribution is 2.15. The second kappa shape index (κ2) is 6.74. The standard InChI is InChI=1S/C11H17F3N2O3/c1-8(2)9(16-3-5-18-6-4-16)15-10(17)19-7-11(12,13)14/h8H,3-7H2,1-2H3/b15-9-. The molecule has 0 unspecified atom stereocenters. The maximum atomic E-state index is 11.9. The lowest BCUT2D eigenvalue weighted by molar-refractivity contribution is -0.159. The molecule has 110 valence electrons. The van der Waals surface area contributed by atoms with Crippen LogP contribution in [0.4, 0.5) is 18.0 Å². The van der Waals surface area contributed by atoms with Crippen LogP contribution in [-0.2, 0) is 9.47 Å². The minimum Gasteiger partial charge on any atom is -0.438 e. The number of nitrogens with zero attached hydrogens (tertiary/aromatic N) is 2. The highest BCUT2D eigenvalue weighted by molar-refractivity contribution is 5.93. The van der Waals surface area contributed by atoms with E-state index in [2.05, 4.69) is 9.73 Å². The Bertz CT molecular complexity index is 337. The summed E-state index contributed by atoms with van der Waals surface area (Å²) in [5.41, 5.74) is 0. The van der Waals surface area contributed by atoms with Crippen molar-refractivity contribution < 1.29 is 27.4 Å². The fourth-order valence-electron chi connectivity index (χ4n) is 1.63. The molecule has 0 bridgehead atoms. The molecule has 1 amide bonds. The van der Waals surface area contributed by atoms with Gasteiger partial charge in [-0.05, 0) is 0 Å². The summed E-state index contributed by atoms with van der Waals surface area (Å²) in [7, 11) is 0. The smallest absolute Gasteiger partial charge is 0.435 e. The number of halogens is 3. The molecule has 0 aromatic carbocycles. The maximum Gasteiger partial charge on any atom is 0.435 e. The van der Waals surface area contributed by atoms with Crippen LogP contribution in [0, 0.1) is 5.92 Å². The van der Waals surface area contributed by atoms with E-state index in [1.165, 1.54) is 0 Å². The molecule has 0 aromatic rings. The Morgan fingerprint density at radius 3 is 2.42 bits per heavy atom. The lowest BCUT2D eigenvalue weighted by Crippen LogP contribution is -2.43. The van der Waals surface area contributed by atoms with Gasteiger partial charge < -0.3 is 14.4 Å². The Kier molecular flexibility index (Phi) is 5.59. The van der Waals surface area contributed by atoms with Gasteiger partial charge in [0.2, 0.25) is 0 Å². The number of alkyl halides is 3. The van der Waals surface area contributed by atoms with Crippen LogP contribution in [0.15, 0.2) is 4.99 Å². The average molecular weight is 282 g/mol. The number of amides is 1. The van der Waals surface area contributed by atoms with Crippen LogP contribution in [0.2, 0.25) is 0 Å². The number of carbonyl (C=O) groups is 1. The summed E-state index contributed by atoms with van der Waals surface area (Å²) in [6.07, 6.45) is -5.75. The summed E-state index contributed by atoms with van der Waals surface area (Å²) in [5, 5.41) is 0. The third-order valence-corrected chi connectivity index (χ3v) is 2.42. The Morgan fingerprint density at radius 1 is 1.37 bits per heavy atom. The molecule has 0 atom stereocenters. The molecule has 8 heteroatoms. The summed E-state index contributed by atoms with van der Waals surface area (Å²) in [6, 6.07) is 0. The van der Waals surface area contributed by atoms with E-state index in [-0.39, 0.29) is 5.92 Å². The van der Waals surface area contributed by atoms with E-state index >= 15 is 0 Å². The van der Waals surface area contributed by atoms with Crippen molar-refractivity contribution in [2.24, 2.45) is 10.9 Å². The molecular formula is C11H17F3N2O3. The maximum absolute atomic E-state index is 11.9. The van der Waals surface area contributed by atoms with Gasteiger partial charge in [-0.3, -0.25) is 0 Å². The van der Waals surface area contributed by atoms with Crippen molar-refractivity contribution in [1.82, 2.24) is 4.90 Å². The second-order valence-corrected chi connectivity index (χ2v) is 4.39. The molecule has 1 saturated heterocycles. The SMILES string of the molecule is CC(C)/C(=N/C(=O)OCC(F)(F)F)N1CCOCC1. The highest BCUT2D eigenvalue weighted by atomic mass is 19.4. The lowest BCUT2D eigenvalue weighted by Gasteiger charge is -2.31. The largest absolute Gasteiger partial charge is 0.438 e. The van der Waals surface area contributed by atoms with E-state index < -0.39 is 18.9 Å². The van der Waals surface area contributed by atoms with Crippen molar-refractivity contribution in [3.63, 3.8) is 0 Å². The molecule has 1 rings (SSSR count). The van der Waals surface area contributed by atoms with Gasteiger partial charge >= 0.3 is 12.3 Å². The van der Waals surface area contributed by atoms with Crippen LogP contribution in [0.3, 0.4) is 0 Å². The van der Waals surface area contributed by atoms with Gasteiger partial charge in [0.1, 0.15) is 5.84 Å². The summed E-state index contributed by atoms with van der Waals surface area (Å²) < 4.78 is 45.0. The van der Waals surface area contributed by atoms with Crippen LogP contribution in [0.25, 0.3) is 0 Å². The average Bonchev–Trinajstić information content (AvgIpc) is 2.33. The molecule has 0 saturated carbocycles. The minimum absolute atomic E-state index is 0.0865. The summed E-state index contributed by atoms with van der Waals surface area (Å²) in [4.78, 5) is 16.7. The molecule has 5 nitrogen and oxygen atoms in total. The number of rotatable bonds is 2. The molecule has 0 aromatic heterocycles. The van der Waals surface area contributed by atoms with Gasteiger partial charge in [-0.2, -0.15) is 18.2 Å². The van der Waals surface area contributed by atoms with Gasteiger partial charge in [0.25, 0.3) is 0 Å². The van der Waals surface area contributed by atoms with Crippen molar-refractivity contribution in [2.45, 2.75) is 20.0 Å². The third-order valence-electron chi connectivity index (χ3n) is 2.42. The van der Waals surface area contributed by atoms with E-state index in [1.807, 2.05) is 18.7 Å². The van der Waals surface area contributed by atoms with Crippen LogP contribution < -0.4 is 0 Å². The van der Waals surface area contributed by atoms with E-state index in [9.17, 15) is 18.0 Å². The number of hydrogen-bond donors (Lipinski definition) is 0. The van der Waals surface area contributed by atoms with Gasteiger partial charge in [-0.25, -0.2) is 4.79 Å². The third kappa shape index (κ3) is 5.91. The topological polar surface area (TPSA) is 51.1 Å². The number of hydrogen-bond acceptors (Lipinski definition) is 3. The van der Waals surface area contributed by atoms with Gasteiger partial charge in [0, 0.05) is 19.0 Å². The van der Waals surface area contributed by atoms with Crippen molar-refractivity contribution in [1.29, 1.82) is 0 Å². The predicted octanol–water partition coefficient (Wildman–Crippen LogP) is 2.07. The first kappa shape index (κ1) is 15.7. The van der Waals surface area contributed by atoms with Crippen molar-refractivity contribution in [3.05, 3.63) is 0 Å². The van der Waals surface area contributed by atoms with Crippen LogP contribution in [0.5, 0.6) is 0 Å². The Morgan fingerprint density at radius 2 is 1.95 bits per heavy atom. The first-order chi connectivity index (χ1) is 8.79. The van der Waals surface area contributed by atoms with Gasteiger partial charge in [0.05, 0.1) is 13.2 Å². The van der Waals surface area contributed by atoms with Crippen LogP contribution in [0.1, 0.15) is 13.8 Å². The van der Waals surface area contributed by atoms with E-state index in [4.69, 9.17) is 4.74 Å². The Labute approximate surface area is 109 Å². The molecule has 1 aliphatic heterocycles. The monoisotopic (exact) mass is 282 g/mol. The second-order valence-electron chi connectivity index (χ2n) is 4.39. The summed E-state index contributed by atoms with van der Waals surface area (Å²) in [6.45, 7) is 4.13. The highest BCUT2D eigenvalue weighted by Gasteiger charge is 2.30. The quantitative estimate of drug-likeness (QED) is 0.574. The Hall–Kier alpha value is -1.31.